The number of halogens is 4. The van der Waals surface area contributed by atoms with Gasteiger partial charge in [-0.3, -0.25) is 0 Å². The van der Waals surface area contributed by atoms with E-state index in [0.29, 0.717) is 19.5 Å². The lowest BCUT2D eigenvalue weighted by atomic mass is 10.3. The van der Waals surface area contributed by atoms with Gasteiger partial charge in [0.05, 0.1) is 29.3 Å². The summed E-state index contributed by atoms with van der Waals surface area (Å²) >= 11 is 4.30. The van der Waals surface area contributed by atoms with E-state index in [1.807, 2.05) is 0 Å². The zero-order chi connectivity index (χ0) is 16.8. The lowest BCUT2D eigenvalue weighted by Gasteiger charge is -1.93. The van der Waals surface area contributed by atoms with Crippen molar-refractivity contribution in [2.75, 3.05) is 0 Å². The fourth-order valence-electron chi connectivity index (χ4n) is 2.21. The van der Waals surface area contributed by atoms with Crippen molar-refractivity contribution in [3.8, 4) is 29.3 Å². The zero-order valence-electron chi connectivity index (χ0n) is 11.6. The Morgan fingerprint density at radius 3 is 1.29 bits per heavy atom. The van der Waals surface area contributed by atoms with E-state index in [9.17, 15) is 17.6 Å². The molecule has 0 unspecified atom stereocenters. The smallest absolute Gasteiger partial charge is 0.143 e. The van der Waals surface area contributed by atoms with E-state index < -0.39 is 23.3 Å². The molecule has 0 radical (unpaired) electrons. The fraction of sp³-hybridized carbons (Fsp3) is 0. The van der Waals surface area contributed by atoms with E-state index in [0.717, 1.165) is 45.3 Å². The predicted molar refractivity (Wildman–Crippen MR) is 94.1 cm³/mol. The molecule has 4 aromatic rings. The first-order valence-electron chi connectivity index (χ1n) is 6.60. The Morgan fingerprint density at radius 2 is 0.958 bits per heavy atom. The summed E-state index contributed by atoms with van der Waals surface area (Å²) in [4.78, 5) is 1.67. The molecule has 4 heterocycles. The molecule has 0 nitrogen and oxygen atoms in total. The number of hydrogen-bond acceptors (Lipinski definition) is 4. The summed E-state index contributed by atoms with van der Waals surface area (Å²) in [5.41, 5.74) is 0. The number of thiophene rings is 4. The second-order valence-corrected chi connectivity index (χ2v) is 8.71. The molecule has 122 valence electrons. The monoisotopic (exact) mass is 402 g/mol. The topological polar surface area (TPSA) is 0 Å². The van der Waals surface area contributed by atoms with Gasteiger partial charge in [0.15, 0.2) is 0 Å². The molecule has 4 aromatic heterocycles. The van der Waals surface area contributed by atoms with Crippen molar-refractivity contribution < 1.29 is 17.6 Å². The molecule has 0 atom stereocenters. The fourth-order valence-corrected chi connectivity index (χ4v) is 6.20. The SMILES string of the molecule is Fc1ccsc1-c1cc(F)c(-c2sc(-c3sccc3F)cc2F)s1. The minimum absolute atomic E-state index is 0.100. The van der Waals surface area contributed by atoms with Gasteiger partial charge < -0.3 is 0 Å². The Labute approximate surface area is 150 Å². The molecule has 0 aliphatic rings. The Bertz CT molecular complexity index is 938. The second kappa shape index (κ2) is 6.11. The maximum Gasteiger partial charge on any atom is 0.143 e. The van der Waals surface area contributed by atoms with Crippen molar-refractivity contribution >= 4 is 45.3 Å². The molecular formula is C16H6F4S4. The van der Waals surface area contributed by atoms with Crippen LogP contribution in [-0.4, -0.2) is 0 Å². The summed E-state index contributed by atoms with van der Waals surface area (Å²) in [6.45, 7) is 0. The zero-order valence-corrected chi connectivity index (χ0v) is 14.9. The van der Waals surface area contributed by atoms with Crippen LogP contribution in [0.15, 0.2) is 35.0 Å². The third kappa shape index (κ3) is 2.63. The lowest BCUT2D eigenvalue weighted by Crippen LogP contribution is -1.74. The molecule has 8 heteroatoms. The maximum atomic E-state index is 14.3. The van der Waals surface area contributed by atoms with Crippen LogP contribution in [0.25, 0.3) is 29.3 Å². The molecular weight excluding hydrogens is 396 g/mol. The second-order valence-electron chi connectivity index (χ2n) is 4.77. The van der Waals surface area contributed by atoms with Gasteiger partial charge in [-0.05, 0) is 35.0 Å². The first-order chi connectivity index (χ1) is 11.5. The predicted octanol–water partition coefficient (Wildman–Crippen LogP) is 7.49. The molecule has 24 heavy (non-hydrogen) atoms. The number of rotatable bonds is 3. The molecule has 0 amide bonds. The maximum absolute atomic E-state index is 14.3. The summed E-state index contributed by atoms with van der Waals surface area (Å²) in [5, 5.41) is 3.15. The molecule has 0 aromatic carbocycles. The van der Waals surface area contributed by atoms with Crippen LogP contribution in [0.3, 0.4) is 0 Å². The van der Waals surface area contributed by atoms with Gasteiger partial charge in [-0.15, -0.1) is 45.3 Å². The summed E-state index contributed by atoms with van der Waals surface area (Å²) in [6.07, 6.45) is 0. The van der Waals surface area contributed by atoms with E-state index in [2.05, 4.69) is 0 Å². The average molecular weight is 402 g/mol. The first kappa shape index (κ1) is 16.0. The molecule has 0 fully saturated rings. The number of hydrogen-bond donors (Lipinski definition) is 0. The van der Waals surface area contributed by atoms with Crippen LogP contribution in [0.4, 0.5) is 17.6 Å². The average Bonchev–Trinajstić information content (AvgIpc) is 3.28. The Balaban J connectivity index is 1.80. The van der Waals surface area contributed by atoms with Gasteiger partial charge >= 0.3 is 0 Å². The molecule has 0 bridgehead atoms. The Hall–Kier alpha value is -1.48. The van der Waals surface area contributed by atoms with Gasteiger partial charge in [-0.1, -0.05) is 0 Å². The van der Waals surface area contributed by atoms with Gasteiger partial charge in [0, 0.05) is 0 Å². The normalized spacial score (nSPS) is 11.3. The van der Waals surface area contributed by atoms with Crippen LogP contribution < -0.4 is 0 Å². The third-order valence-electron chi connectivity index (χ3n) is 3.26. The Kier molecular flexibility index (Phi) is 4.07. The summed E-state index contributed by atoms with van der Waals surface area (Å²) < 4.78 is 55.9. The van der Waals surface area contributed by atoms with Gasteiger partial charge in [0.25, 0.3) is 0 Å². The van der Waals surface area contributed by atoms with Crippen LogP contribution in [0.5, 0.6) is 0 Å². The first-order valence-corrected chi connectivity index (χ1v) is 9.99. The standard InChI is InChI=1S/C16H6F4S4/c17-7-1-3-21-13(7)11-5-9(19)15(23-11)16-10(20)6-12(24-16)14-8(18)2-4-22-14/h1-6H. The van der Waals surface area contributed by atoms with Crippen LogP contribution >= 0.6 is 45.3 Å². The van der Waals surface area contributed by atoms with E-state index in [1.54, 1.807) is 10.8 Å². The third-order valence-corrected chi connectivity index (χ3v) is 7.79. The highest BCUT2D eigenvalue weighted by atomic mass is 32.1. The summed E-state index contributed by atoms with van der Waals surface area (Å²) in [5.74, 6) is -2.08. The molecule has 0 spiro atoms. The highest BCUT2D eigenvalue weighted by Crippen LogP contribution is 2.46. The van der Waals surface area contributed by atoms with Gasteiger partial charge in [0.1, 0.15) is 23.3 Å². The lowest BCUT2D eigenvalue weighted by molar-refractivity contribution is 0.623. The summed E-state index contributed by atoms with van der Waals surface area (Å²) in [6, 6.07) is 5.03. The largest absolute Gasteiger partial charge is 0.205 e. The summed E-state index contributed by atoms with van der Waals surface area (Å²) in [7, 11) is 0. The van der Waals surface area contributed by atoms with Crippen molar-refractivity contribution in [3.05, 3.63) is 58.3 Å². The molecule has 0 saturated heterocycles. The van der Waals surface area contributed by atoms with Gasteiger partial charge in [-0.25, -0.2) is 17.6 Å². The van der Waals surface area contributed by atoms with E-state index in [4.69, 9.17) is 0 Å². The van der Waals surface area contributed by atoms with E-state index >= 15 is 0 Å². The van der Waals surface area contributed by atoms with Crippen LogP contribution in [-0.2, 0) is 0 Å². The van der Waals surface area contributed by atoms with Gasteiger partial charge in [0.2, 0.25) is 0 Å². The minimum Gasteiger partial charge on any atom is -0.205 e. The van der Waals surface area contributed by atoms with Crippen molar-refractivity contribution in [1.29, 1.82) is 0 Å². The van der Waals surface area contributed by atoms with Crippen molar-refractivity contribution in [2.24, 2.45) is 0 Å². The molecule has 0 saturated carbocycles. The quantitative estimate of drug-likeness (QED) is 0.311. The van der Waals surface area contributed by atoms with Crippen LogP contribution in [0.1, 0.15) is 0 Å². The minimum atomic E-state index is -0.609. The molecule has 0 aliphatic heterocycles. The van der Waals surface area contributed by atoms with E-state index in [1.165, 1.54) is 24.3 Å². The van der Waals surface area contributed by atoms with Crippen LogP contribution in [0, 0.1) is 23.3 Å². The molecule has 0 N–H and O–H groups in total. The van der Waals surface area contributed by atoms with Gasteiger partial charge in [-0.2, -0.15) is 0 Å². The highest BCUT2D eigenvalue weighted by Gasteiger charge is 2.22. The van der Waals surface area contributed by atoms with E-state index in [-0.39, 0.29) is 9.75 Å². The molecule has 4 rings (SSSR count). The van der Waals surface area contributed by atoms with Crippen LogP contribution in [0.2, 0.25) is 0 Å². The van der Waals surface area contributed by atoms with Crippen molar-refractivity contribution in [3.63, 3.8) is 0 Å². The van der Waals surface area contributed by atoms with Crippen molar-refractivity contribution in [2.45, 2.75) is 0 Å². The Morgan fingerprint density at radius 1 is 0.542 bits per heavy atom. The van der Waals surface area contributed by atoms with Crippen molar-refractivity contribution in [1.82, 2.24) is 0 Å². The highest BCUT2D eigenvalue weighted by molar-refractivity contribution is 7.28. The molecule has 0 aliphatic carbocycles.